The van der Waals surface area contributed by atoms with E-state index in [4.69, 9.17) is 0 Å². The predicted molar refractivity (Wildman–Crippen MR) is 108 cm³/mol. The zero-order chi connectivity index (χ0) is 16.3. The van der Waals surface area contributed by atoms with Crippen molar-refractivity contribution < 1.29 is 4.79 Å². The molecule has 2 saturated heterocycles. The van der Waals surface area contributed by atoms with Crippen molar-refractivity contribution in [2.24, 2.45) is 5.41 Å². The molecule has 0 aliphatic carbocycles. The lowest BCUT2D eigenvalue weighted by molar-refractivity contribution is -0.125. The third-order valence-corrected chi connectivity index (χ3v) is 6.43. The highest BCUT2D eigenvalue weighted by molar-refractivity contribution is 7.09. The van der Waals surface area contributed by atoms with Crippen LogP contribution in [0.25, 0.3) is 0 Å². The summed E-state index contributed by atoms with van der Waals surface area (Å²) in [4.78, 5) is 20.4. The molecule has 1 aromatic heterocycles. The Kier molecular flexibility index (Phi) is 9.12. The van der Waals surface area contributed by atoms with Crippen molar-refractivity contribution in [2.75, 3.05) is 33.2 Å². The Morgan fingerprint density at radius 3 is 2.80 bits per heavy atom. The molecule has 2 aliphatic heterocycles. The number of hydrogen-bond acceptors (Lipinski definition) is 5. The third-order valence-electron chi connectivity index (χ3n) is 5.43. The van der Waals surface area contributed by atoms with Crippen molar-refractivity contribution >= 4 is 42.1 Å². The molecule has 0 saturated carbocycles. The number of thiazole rings is 1. The van der Waals surface area contributed by atoms with E-state index in [-0.39, 0.29) is 36.8 Å². The molecule has 144 valence electrons. The second kappa shape index (κ2) is 10.1. The summed E-state index contributed by atoms with van der Waals surface area (Å²) < 4.78 is 0. The fraction of sp³-hybridized carbons (Fsp3) is 0.765. The number of hydrogen-bond donors (Lipinski definition) is 2. The van der Waals surface area contributed by atoms with Gasteiger partial charge < -0.3 is 10.6 Å². The van der Waals surface area contributed by atoms with Crippen molar-refractivity contribution in [1.82, 2.24) is 20.5 Å². The molecule has 2 N–H and O–H groups in total. The van der Waals surface area contributed by atoms with Crippen molar-refractivity contribution in [2.45, 2.75) is 45.1 Å². The number of rotatable bonds is 5. The first-order valence-corrected chi connectivity index (χ1v) is 9.55. The van der Waals surface area contributed by atoms with Crippen LogP contribution in [0.5, 0.6) is 0 Å². The molecule has 1 atom stereocenters. The Labute approximate surface area is 167 Å². The first-order chi connectivity index (χ1) is 11.1. The molecular formula is C17H30Cl2N4OS. The van der Waals surface area contributed by atoms with Gasteiger partial charge in [-0.1, -0.05) is 0 Å². The number of halogens is 2. The maximum absolute atomic E-state index is 12.5. The zero-order valence-electron chi connectivity index (χ0n) is 15.0. The minimum absolute atomic E-state index is 0. The van der Waals surface area contributed by atoms with Gasteiger partial charge in [0.1, 0.15) is 0 Å². The van der Waals surface area contributed by atoms with Gasteiger partial charge >= 0.3 is 0 Å². The molecule has 2 fully saturated rings. The lowest BCUT2D eigenvalue weighted by Crippen LogP contribution is -2.41. The molecule has 8 heteroatoms. The van der Waals surface area contributed by atoms with E-state index in [0.29, 0.717) is 5.41 Å². The van der Waals surface area contributed by atoms with E-state index >= 15 is 0 Å². The SMILES string of the molecule is Cc1ncsc1CCCNC(=O)C1CC2(CCNCC2)CN1C.Cl.Cl. The maximum atomic E-state index is 12.5. The summed E-state index contributed by atoms with van der Waals surface area (Å²) in [5.41, 5.74) is 3.39. The highest BCUT2D eigenvalue weighted by Crippen LogP contribution is 2.41. The van der Waals surface area contributed by atoms with E-state index in [9.17, 15) is 4.79 Å². The van der Waals surface area contributed by atoms with Crippen LogP contribution in [-0.4, -0.2) is 55.1 Å². The fourth-order valence-corrected chi connectivity index (χ4v) is 4.85. The topological polar surface area (TPSA) is 57.3 Å². The quantitative estimate of drug-likeness (QED) is 0.734. The number of likely N-dealkylation sites (tertiary alicyclic amines) is 1. The summed E-state index contributed by atoms with van der Waals surface area (Å²) in [5.74, 6) is 0.212. The fourth-order valence-electron chi connectivity index (χ4n) is 4.03. The number of piperidine rings is 1. The molecule has 2 aliphatic rings. The standard InChI is InChI=1S/C17H28N4OS.2ClH/c1-13-15(23-12-20-13)4-3-7-19-16(22)14-10-17(11-21(14)2)5-8-18-9-6-17;;/h12,14,18H,3-11H2,1-2H3,(H,19,22);2*1H. The van der Waals surface area contributed by atoms with E-state index in [0.717, 1.165) is 51.1 Å². The van der Waals surface area contributed by atoms with Crippen LogP contribution in [0, 0.1) is 12.3 Å². The summed E-state index contributed by atoms with van der Waals surface area (Å²) in [7, 11) is 2.10. The third kappa shape index (κ3) is 5.54. The second-order valence-corrected chi connectivity index (χ2v) is 8.08. The monoisotopic (exact) mass is 408 g/mol. The van der Waals surface area contributed by atoms with Crippen LogP contribution in [-0.2, 0) is 11.2 Å². The highest BCUT2D eigenvalue weighted by Gasteiger charge is 2.45. The summed E-state index contributed by atoms with van der Waals surface area (Å²) in [6.45, 7) is 6.06. The molecule has 3 rings (SSSR count). The summed E-state index contributed by atoms with van der Waals surface area (Å²) in [5, 5.41) is 6.58. The van der Waals surface area contributed by atoms with Crippen molar-refractivity contribution in [1.29, 1.82) is 0 Å². The number of nitrogens with one attached hydrogen (secondary N) is 2. The molecule has 25 heavy (non-hydrogen) atoms. The normalized spacial score (nSPS) is 22.2. The molecule has 0 radical (unpaired) electrons. The second-order valence-electron chi connectivity index (χ2n) is 7.14. The van der Waals surface area contributed by atoms with Crippen LogP contribution in [0.1, 0.15) is 36.3 Å². The summed E-state index contributed by atoms with van der Waals surface area (Å²) >= 11 is 1.71. The first kappa shape index (κ1) is 22.6. The average Bonchev–Trinajstić information content (AvgIpc) is 3.08. The minimum Gasteiger partial charge on any atom is -0.355 e. The van der Waals surface area contributed by atoms with E-state index in [2.05, 4.69) is 34.5 Å². The molecule has 1 amide bonds. The number of aromatic nitrogens is 1. The Balaban J connectivity index is 0.00000156. The smallest absolute Gasteiger partial charge is 0.237 e. The van der Waals surface area contributed by atoms with Crippen LogP contribution in [0.3, 0.4) is 0 Å². The Hall–Kier alpha value is -0.400. The molecule has 1 spiro atoms. The van der Waals surface area contributed by atoms with Gasteiger partial charge in [0.2, 0.25) is 5.91 Å². The number of carbonyl (C=O) groups excluding carboxylic acids is 1. The van der Waals surface area contributed by atoms with Crippen molar-refractivity contribution in [3.05, 3.63) is 16.1 Å². The maximum Gasteiger partial charge on any atom is 0.237 e. The Morgan fingerprint density at radius 2 is 2.16 bits per heavy atom. The van der Waals surface area contributed by atoms with Gasteiger partial charge in [0.15, 0.2) is 0 Å². The van der Waals surface area contributed by atoms with E-state index in [1.807, 2.05) is 5.51 Å². The Bertz CT molecular complexity index is 549. The van der Waals surface area contributed by atoms with Crippen LogP contribution < -0.4 is 10.6 Å². The van der Waals surface area contributed by atoms with Crippen LogP contribution in [0.4, 0.5) is 0 Å². The largest absolute Gasteiger partial charge is 0.355 e. The van der Waals surface area contributed by atoms with Gasteiger partial charge in [-0.3, -0.25) is 9.69 Å². The molecule has 0 aromatic carbocycles. The van der Waals surface area contributed by atoms with Crippen LogP contribution >= 0.6 is 36.2 Å². The number of amides is 1. The van der Waals surface area contributed by atoms with E-state index in [1.54, 1.807) is 11.3 Å². The van der Waals surface area contributed by atoms with Crippen LogP contribution in [0.15, 0.2) is 5.51 Å². The number of nitrogens with zero attached hydrogens (tertiary/aromatic N) is 2. The molecule has 0 bridgehead atoms. The van der Waals surface area contributed by atoms with Gasteiger partial charge in [-0.2, -0.15) is 0 Å². The Morgan fingerprint density at radius 1 is 1.44 bits per heavy atom. The summed E-state index contributed by atoms with van der Waals surface area (Å²) in [6, 6.07) is 0.0539. The van der Waals surface area contributed by atoms with Gasteiger partial charge in [-0.15, -0.1) is 36.2 Å². The average molecular weight is 409 g/mol. The molecule has 1 unspecified atom stereocenters. The molecule has 1 aromatic rings. The van der Waals surface area contributed by atoms with Gasteiger partial charge in [-0.05, 0) is 64.6 Å². The summed E-state index contributed by atoms with van der Waals surface area (Å²) in [6.07, 6.45) is 5.41. The molecular weight excluding hydrogens is 379 g/mol. The van der Waals surface area contributed by atoms with E-state index < -0.39 is 0 Å². The first-order valence-electron chi connectivity index (χ1n) is 8.67. The highest BCUT2D eigenvalue weighted by atomic mass is 35.5. The molecule has 5 nitrogen and oxygen atoms in total. The lowest BCUT2D eigenvalue weighted by atomic mass is 9.77. The van der Waals surface area contributed by atoms with Gasteiger partial charge in [0.25, 0.3) is 0 Å². The number of aryl methyl sites for hydroxylation is 2. The lowest BCUT2D eigenvalue weighted by Gasteiger charge is -2.33. The van der Waals surface area contributed by atoms with Gasteiger partial charge in [0, 0.05) is 18.0 Å². The van der Waals surface area contributed by atoms with Crippen molar-refractivity contribution in [3.8, 4) is 0 Å². The van der Waals surface area contributed by atoms with Crippen molar-refractivity contribution in [3.63, 3.8) is 0 Å². The zero-order valence-corrected chi connectivity index (χ0v) is 17.5. The van der Waals surface area contributed by atoms with Gasteiger partial charge in [0.05, 0.1) is 17.2 Å². The predicted octanol–water partition coefficient (Wildman–Crippen LogP) is 2.42. The van der Waals surface area contributed by atoms with E-state index in [1.165, 1.54) is 17.7 Å². The van der Waals surface area contributed by atoms with Gasteiger partial charge in [-0.25, -0.2) is 4.98 Å². The number of carbonyl (C=O) groups is 1. The molecule has 3 heterocycles. The number of likely N-dealkylation sites (N-methyl/N-ethyl adjacent to an activating group) is 1. The minimum atomic E-state index is 0. The van der Waals surface area contributed by atoms with Crippen LogP contribution in [0.2, 0.25) is 0 Å².